The van der Waals surface area contributed by atoms with Gasteiger partial charge in [-0.1, -0.05) is 42.5 Å². The number of carbonyl (C=O) groups excluding carboxylic acids is 1. The van der Waals surface area contributed by atoms with Crippen molar-refractivity contribution < 1.29 is 4.79 Å². The normalized spacial score (nSPS) is 12.0. The van der Waals surface area contributed by atoms with E-state index >= 15 is 0 Å². The first-order chi connectivity index (χ1) is 7.88. The van der Waals surface area contributed by atoms with Gasteiger partial charge in [0, 0.05) is 6.42 Å². The highest BCUT2D eigenvalue weighted by molar-refractivity contribution is 5.77. The molecule has 1 heteroatoms. The van der Waals surface area contributed by atoms with Crippen molar-refractivity contribution in [3.05, 3.63) is 59.2 Å². The van der Waals surface area contributed by atoms with Gasteiger partial charge in [0.2, 0.25) is 0 Å². The third kappa shape index (κ3) is 1.36. The van der Waals surface area contributed by atoms with Crippen LogP contribution in [0.15, 0.2) is 42.5 Å². The van der Waals surface area contributed by atoms with Gasteiger partial charge in [-0.2, -0.15) is 0 Å². The van der Waals surface area contributed by atoms with Crippen LogP contribution in [0.4, 0.5) is 0 Å². The molecule has 0 aromatic heterocycles. The quantitative estimate of drug-likeness (QED) is 0.592. The van der Waals surface area contributed by atoms with Crippen molar-refractivity contribution in [2.24, 2.45) is 0 Å². The third-order valence-corrected chi connectivity index (χ3v) is 3.18. The van der Waals surface area contributed by atoms with Crippen molar-refractivity contribution in [2.75, 3.05) is 0 Å². The predicted octanol–water partition coefficient (Wildman–Crippen LogP) is 3.00. The van der Waals surface area contributed by atoms with E-state index in [1.807, 2.05) is 0 Å². The van der Waals surface area contributed by atoms with E-state index in [-0.39, 0.29) is 0 Å². The van der Waals surface area contributed by atoms with Crippen molar-refractivity contribution in [3.8, 4) is 11.1 Å². The highest BCUT2D eigenvalue weighted by Crippen LogP contribution is 2.36. The first-order valence-corrected chi connectivity index (χ1v) is 5.52. The number of fused-ring (bicyclic) bond motifs is 3. The molecule has 0 amide bonds. The van der Waals surface area contributed by atoms with E-state index in [9.17, 15) is 4.79 Å². The lowest BCUT2D eigenvalue weighted by atomic mass is 10.0. The zero-order chi connectivity index (χ0) is 11.0. The molecule has 1 aliphatic carbocycles. The molecule has 1 aliphatic rings. The molecule has 0 unspecified atom stereocenters. The smallest absolute Gasteiger partial charge is 0.124 e. The van der Waals surface area contributed by atoms with Gasteiger partial charge in [0.1, 0.15) is 6.29 Å². The first-order valence-electron chi connectivity index (χ1n) is 5.52. The summed E-state index contributed by atoms with van der Waals surface area (Å²) in [5.41, 5.74) is 6.52. The van der Waals surface area contributed by atoms with Crippen LogP contribution in [-0.4, -0.2) is 6.29 Å². The average Bonchev–Trinajstić information content (AvgIpc) is 2.67. The second-order valence-corrected chi connectivity index (χ2v) is 4.20. The minimum atomic E-state index is 0.517. The zero-order valence-electron chi connectivity index (χ0n) is 8.94. The molecular formula is C15H12O. The van der Waals surface area contributed by atoms with Crippen molar-refractivity contribution in [2.45, 2.75) is 12.8 Å². The van der Waals surface area contributed by atoms with Crippen LogP contribution in [0.25, 0.3) is 11.1 Å². The molecule has 78 valence electrons. The number of hydrogen-bond donors (Lipinski definition) is 0. The van der Waals surface area contributed by atoms with E-state index in [2.05, 4.69) is 42.5 Å². The van der Waals surface area contributed by atoms with Crippen LogP contribution in [0.3, 0.4) is 0 Å². The van der Waals surface area contributed by atoms with Gasteiger partial charge in [-0.15, -0.1) is 0 Å². The fourth-order valence-electron chi connectivity index (χ4n) is 2.42. The number of rotatable bonds is 2. The molecule has 0 aliphatic heterocycles. The minimum absolute atomic E-state index is 0.517. The average molecular weight is 208 g/mol. The molecule has 0 spiro atoms. The minimum Gasteiger partial charge on any atom is -0.303 e. The van der Waals surface area contributed by atoms with E-state index < -0.39 is 0 Å². The van der Waals surface area contributed by atoms with Crippen molar-refractivity contribution in [1.82, 2.24) is 0 Å². The van der Waals surface area contributed by atoms with Crippen LogP contribution in [-0.2, 0) is 17.6 Å². The molecule has 3 rings (SSSR count). The van der Waals surface area contributed by atoms with Crippen molar-refractivity contribution in [3.63, 3.8) is 0 Å². The van der Waals surface area contributed by atoms with E-state index in [4.69, 9.17) is 0 Å². The monoisotopic (exact) mass is 208 g/mol. The Bertz CT molecular complexity index is 555. The second kappa shape index (κ2) is 3.60. The van der Waals surface area contributed by atoms with Crippen molar-refractivity contribution >= 4 is 6.29 Å². The second-order valence-electron chi connectivity index (χ2n) is 4.20. The van der Waals surface area contributed by atoms with Gasteiger partial charge in [0.05, 0.1) is 0 Å². The van der Waals surface area contributed by atoms with Gasteiger partial charge in [0.25, 0.3) is 0 Å². The molecule has 0 saturated heterocycles. The van der Waals surface area contributed by atoms with Crippen LogP contribution < -0.4 is 0 Å². The predicted molar refractivity (Wildman–Crippen MR) is 64.5 cm³/mol. The summed E-state index contributed by atoms with van der Waals surface area (Å²) in [6, 6.07) is 14.8. The summed E-state index contributed by atoms with van der Waals surface area (Å²) in [4.78, 5) is 10.5. The third-order valence-electron chi connectivity index (χ3n) is 3.18. The largest absolute Gasteiger partial charge is 0.303 e. The number of aldehydes is 1. The first kappa shape index (κ1) is 9.34. The lowest BCUT2D eigenvalue weighted by Crippen LogP contribution is -1.88. The molecular weight excluding hydrogens is 196 g/mol. The van der Waals surface area contributed by atoms with E-state index in [1.54, 1.807) is 0 Å². The SMILES string of the molecule is O=CCc1ccc2c(c1)Cc1ccccc1-2. The molecule has 2 aromatic carbocycles. The lowest BCUT2D eigenvalue weighted by Gasteiger charge is -2.02. The number of hydrogen-bond acceptors (Lipinski definition) is 1. The molecule has 16 heavy (non-hydrogen) atoms. The summed E-state index contributed by atoms with van der Waals surface area (Å²) < 4.78 is 0. The van der Waals surface area contributed by atoms with Crippen LogP contribution in [0.1, 0.15) is 16.7 Å². The molecule has 0 atom stereocenters. The Balaban J connectivity index is 2.10. The van der Waals surface area contributed by atoms with Gasteiger partial charge < -0.3 is 4.79 Å². The highest BCUT2D eigenvalue weighted by atomic mass is 16.1. The molecule has 0 N–H and O–H groups in total. The Labute approximate surface area is 94.7 Å². The fourth-order valence-corrected chi connectivity index (χ4v) is 2.42. The summed E-state index contributed by atoms with van der Waals surface area (Å²) in [7, 11) is 0. The fraction of sp³-hybridized carbons (Fsp3) is 0.133. The van der Waals surface area contributed by atoms with Gasteiger partial charge in [0.15, 0.2) is 0 Å². The van der Waals surface area contributed by atoms with Crippen LogP contribution in [0.2, 0.25) is 0 Å². The molecule has 0 radical (unpaired) electrons. The molecule has 0 fully saturated rings. The Morgan fingerprint density at radius 1 is 1.00 bits per heavy atom. The molecule has 1 nitrogen and oxygen atoms in total. The summed E-state index contributed by atoms with van der Waals surface area (Å²) in [6.07, 6.45) is 2.48. The number of carbonyl (C=O) groups is 1. The maximum atomic E-state index is 10.5. The van der Waals surface area contributed by atoms with Gasteiger partial charge in [-0.3, -0.25) is 0 Å². The van der Waals surface area contributed by atoms with Gasteiger partial charge >= 0.3 is 0 Å². The standard InChI is InChI=1S/C15H12O/c16-8-7-11-5-6-15-13(9-11)10-12-3-1-2-4-14(12)15/h1-6,8-9H,7,10H2. The highest BCUT2D eigenvalue weighted by Gasteiger charge is 2.17. The molecule has 0 saturated carbocycles. The van der Waals surface area contributed by atoms with Gasteiger partial charge in [-0.25, -0.2) is 0 Å². The Morgan fingerprint density at radius 3 is 2.69 bits per heavy atom. The topological polar surface area (TPSA) is 17.1 Å². The van der Waals surface area contributed by atoms with Crippen molar-refractivity contribution in [1.29, 1.82) is 0 Å². The summed E-state index contributed by atoms with van der Waals surface area (Å²) in [5, 5.41) is 0. The number of benzene rings is 2. The Morgan fingerprint density at radius 2 is 1.81 bits per heavy atom. The molecule has 0 heterocycles. The summed E-state index contributed by atoms with van der Waals surface area (Å²) in [6.45, 7) is 0. The Kier molecular flexibility index (Phi) is 2.10. The van der Waals surface area contributed by atoms with Crippen LogP contribution >= 0.6 is 0 Å². The van der Waals surface area contributed by atoms with E-state index in [0.717, 1.165) is 18.3 Å². The van der Waals surface area contributed by atoms with E-state index in [0.29, 0.717) is 6.42 Å². The molecule has 2 aromatic rings. The lowest BCUT2D eigenvalue weighted by molar-refractivity contribution is -0.107. The van der Waals surface area contributed by atoms with Crippen LogP contribution in [0, 0.1) is 0 Å². The van der Waals surface area contributed by atoms with Crippen LogP contribution in [0.5, 0.6) is 0 Å². The summed E-state index contributed by atoms with van der Waals surface area (Å²) >= 11 is 0. The Hall–Kier alpha value is -1.89. The molecule has 0 bridgehead atoms. The van der Waals surface area contributed by atoms with Gasteiger partial charge in [-0.05, 0) is 34.2 Å². The maximum Gasteiger partial charge on any atom is 0.124 e. The maximum absolute atomic E-state index is 10.5. The summed E-state index contributed by atoms with van der Waals surface area (Å²) in [5.74, 6) is 0. The zero-order valence-corrected chi connectivity index (χ0v) is 8.94. The van der Waals surface area contributed by atoms with E-state index in [1.165, 1.54) is 22.3 Å².